The summed E-state index contributed by atoms with van der Waals surface area (Å²) in [5, 5.41) is 9.17. The maximum atomic E-state index is 12.3. The Bertz CT molecular complexity index is 960. The maximum absolute atomic E-state index is 12.3. The third kappa shape index (κ3) is 5.08. The minimum atomic E-state index is -0.566. The number of amides is 2. The molecule has 2 amide bonds. The van der Waals surface area contributed by atoms with E-state index >= 15 is 0 Å². The van der Waals surface area contributed by atoms with E-state index in [9.17, 15) is 9.59 Å². The van der Waals surface area contributed by atoms with Crippen molar-refractivity contribution in [1.82, 2.24) is 20.6 Å². The molecule has 0 aliphatic heterocycles. The summed E-state index contributed by atoms with van der Waals surface area (Å²) >= 11 is 2.93. The average Bonchev–Trinajstić information content (AvgIpc) is 3.24. The number of nitrogens with one attached hydrogen (secondary N) is 2. The fraction of sp³-hybridized carbons (Fsp3) is 0.300. The predicted octanol–water partition coefficient (Wildman–Crippen LogP) is 3.48. The van der Waals surface area contributed by atoms with E-state index in [0.29, 0.717) is 12.4 Å². The number of nitrogens with zero attached hydrogens (tertiary/aromatic N) is 2. The molecule has 0 aliphatic carbocycles. The molecule has 0 saturated carbocycles. The zero-order valence-corrected chi connectivity index (χ0v) is 17.4. The van der Waals surface area contributed by atoms with Gasteiger partial charge in [-0.1, -0.05) is 43.0 Å². The van der Waals surface area contributed by atoms with Crippen LogP contribution in [0.1, 0.15) is 20.3 Å². The molecule has 0 saturated heterocycles. The molecule has 0 fully saturated rings. The van der Waals surface area contributed by atoms with E-state index in [1.54, 1.807) is 18.3 Å². The summed E-state index contributed by atoms with van der Waals surface area (Å²) in [7, 11) is 0. The zero-order valence-electron chi connectivity index (χ0n) is 15.8. The number of benzene rings is 1. The number of thioether (sulfide) groups is 1. The lowest BCUT2D eigenvalue weighted by atomic mass is 10.2. The number of para-hydroxylation sites is 1. The Labute approximate surface area is 172 Å². The molecule has 1 aromatic carbocycles. The first kappa shape index (κ1) is 20.3. The first-order chi connectivity index (χ1) is 13.6. The molecule has 0 spiro atoms. The van der Waals surface area contributed by atoms with Crippen molar-refractivity contribution in [3.05, 3.63) is 41.8 Å². The number of fused-ring (bicyclic) bond motifs is 1. The van der Waals surface area contributed by atoms with Crippen LogP contribution in [0, 0.1) is 0 Å². The highest BCUT2D eigenvalue weighted by Gasteiger charge is 2.16. The first-order valence-corrected chi connectivity index (χ1v) is 11.0. The summed E-state index contributed by atoms with van der Waals surface area (Å²) in [6.45, 7) is 4.27. The Kier molecular flexibility index (Phi) is 7.00. The summed E-state index contributed by atoms with van der Waals surface area (Å²) in [5.41, 5.74) is 0.844. The van der Waals surface area contributed by atoms with Gasteiger partial charge in [0.2, 0.25) is 11.8 Å². The predicted molar refractivity (Wildman–Crippen MR) is 114 cm³/mol. The van der Waals surface area contributed by atoms with Gasteiger partial charge in [0.15, 0.2) is 5.82 Å². The van der Waals surface area contributed by atoms with Crippen molar-refractivity contribution in [2.24, 2.45) is 0 Å². The van der Waals surface area contributed by atoms with Crippen LogP contribution < -0.4 is 10.6 Å². The average molecular weight is 415 g/mol. The molecule has 0 unspecified atom stereocenters. The number of thiophene rings is 1. The molecular formula is C20H22N4O2S2. The molecule has 0 bridgehead atoms. The Morgan fingerprint density at radius 2 is 2.00 bits per heavy atom. The van der Waals surface area contributed by atoms with Crippen molar-refractivity contribution >= 4 is 45.8 Å². The van der Waals surface area contributed by atoms with Gasteiger partial charge in [-0.3, -0.25) is 9.59 Å². The van der Waals surface area contributed by atoms with E-state index in [4.69, 9.17) is 0 Å². The Morgan fingerprint density at radius 1 is 1.18 bits per heavy atom. The van der Waals surface area contributed by atoms with Gasteiger partial charge in [0, 0.05) is 11.9 Å². The highest BCUT2D eigenvalue weighted by molar-refractivity contribution is 8.00. The van der Waals surface area contributed by atoms with Crippen molar-refractivity contribution in [2.75, 3.05) is 12.3 Å². The summed E-state index contributed by atoms with van der Waals surface area (Å²) in [4.78, 5) is 34.5. The van der Waals surface area contributed by atoms with Gasteiger partial charge in [0.25, 0.3) is 0 Å². The molecule has 6 nitrogen and oxygen atoms in total. The maximum Gasteiger partial charge on any atom is 0.242 e. The Balaban J connectivity index is 1.71. The summed E-state index contributed by atoms with van der Waals surface area (Å²) in [6.07, 6.45) is 0.857. The van der Waals surface area contributed by atoms with Crippen molar-refractivity contribution in [1.29, 1.82) is 0 Å². The lowest BCUT2D eigenvalue weighted by Gasteiger charge is -2.14. The minimum absolute atomic E-state index is 0.173. The second-order valence-corrected chi connectivity index (χ2v) is 8.13. The van der Waals surface area contributed by atoms with Crippen LogP contribution in [0.15, 0.2) is 46.8 Å². The van der Waals surface area contributed by atoms with Gasteiger partial charge >= 0.3 is 0 Å². The third-order valence-electron chi connectivity index (χ3n) is 3.97. The molecule has 0 aliphatic rings. The molecule has 146 valence electrons. The fourth-order valence-corrected chi connectivity index (χ4v) is 4.05. The summed E-state index contributed by atoms with van der Waals surface area (Å²) in [5.74, 6) is 0.456. The molecule has 2 heterocycles. The molecule has 1 atom stereocenters. The SMILES string of the molecule is CCCNC(=O)[C@@H](C)NC(=O)CSc1nc(-c2cccs2)nc2ccccc12. The van der Waals surface area contributed by atoms with Crippen LogP contribution in [-0.4, -0.2) is 40.1 Å². The van der Waals surface area contributed by atoms with Gasteiger partial charge in [0.1, 0.15) is 11.1 Å². The van der Waals surface area contributed by atoms with Crippen LogP contribution in [0.25, 0.3) is 21.6 Å². The van der Waals surface area contributed by atoms with Gasteiger partial charge in [-0.25, -0.2) is 9.97 Å². The van der Waals surface area contributed by atoms with Gasteiger partial charge in [-0.15, -0.1) is 11.3 Å². The minimum Gasteiger partial charge on any atom is -0.354 e. The molecule has 28 heavy (non-hydrogen) atoms. The largest absolute Gasteiger partial charge is 0.354 e. The zero-order chi connectivity index (χ0) is 19.9. The van der Waals surface area contributed by atoms with Crippen LogP contribution in [0.5, 0.6) is 0 Å². The van der Waals surface area contributed by atoms with Gasteiger partial charge < -0.3 is 10.6 Å². The van der Waals surface area contributed by atoms with E-state index in [2.05, 4.69) is 20.6 Å². The van der Waals surface area contributed by atoms with Crippen LogP contribution in [-0.2, 0) is 9.59 Å². The van der Waals surface area contributed by atoms with Crippen molar-refractivity contribution in [3.63, 3.8) is 0 Å². The van der Waals surface area contributed by atoms with Gasteiger partial charge in [-0.05, 0) is 30.9 Å². The standard InChI is InChI=1S/C20H22N4O2S2/c1-3-10-21-19(26)13(2)22-17(25)12-28-20-14-7-4-5-8-15(14)23-18(24-20)16-9-6-11-27-16/h4-9,11,13H,3,10,12H2,1-2H3,(H,21,26)(H,22,25)/t13-/m1/s1. The first-order valence-electron chi connectivity index (χ1n) is 9.09. The number of hydrogen-bond acceptors (Lipinski definition) is 6. The van der Waals surface area contributed by atoms with Crippen LogP contribution in [0.2, 0.25) is 0 Å². The van der Waals surface area contributed by atoms with E-state index in [1.807, 2.05) is 48.7 Å². The molecule has 8 heteroatoms. The number of carbonyl (C=O) groups is 2. The number of aromatic nitrogens is 2. The van der Waals surface area contributed by atoms with Crippen LogP contribution in [0.4, 0.5) is 0 Å². The summed E-state index contributed by atoms with van der Waals surface area (Å²) < 4.78 is 0. The Hall–Kier alpha value is -2.45. The highest BCUT2D eigenvalue weighted by atomic mass is 32.2. The van der Waals surface area contributed by atoms with Crippen molar-refractivity contribution < 1.29 is 9.59 Å². The quantitative estimate of drug-likeness (QED) is 0.435. The van der Waals surface area contributed by atoms with Gasteiger partial charge in [0.05, 0.1) is 16.1 Å². The van der Waals surface area contributed by atoms with E-state index in [1.165, 1.54) is 11.8 Å². The number of rotatable bonds is 8. The molecular weight excluding hydrogens is 392 g/mol. The van der Waals surface area contributed by atoms with Crippen LogP contribution >= 0.6 is 23.1 Å². The second kappa shape index (κ2) is 9.66. The van der Waals surface area contributed by atoms with Crippen molar-refractivity contribution in [2.45, 2.75) is 31.3 Å². The smallest absolute Gasteiger partial charge is 0.242 e. The highest BCUT2D eigenvalue weighted by Crippen LogP contribution is 2.29. The number of carbonyl (C=O) groups excluding carboxylic acids is 2. The molecule has 0 radical (unpaired) electrons. The van der Waals surface area contributed by atoms with Crippen LogP contribution in [0.3, 0.4) is 0 Å². The third-order valence-corrected chi connectivity index (χ3v) is 5.83. The second-order valence-electron chi connectivity index (χ2n) is 6.22. The van der Waals surface area contributed by atoms with E-state index in [0.717, 1.165) is 27.2 Å². The normalized spacial score (nSPS) is 11.9. The van der Waals surface area contributed by atoms with Crippen molar-refractivity contribution in [3.8, 4) is 10.7 Å². The molecule has 2 N–H and O–H groups in total. The topological polar surface area (TPSA) is 84.0 Å². The fourth-order valence-electron chi connectivity index (χ4n) is 2.56. The van der Waals surface area contributed by atoms with E-state index in [-0.39, 0.29) is 17.6 Å². The molecule has 3 aromatic rings. The Morgan fingerprint density at radius 3 is 2.75 bits per heavy atom. The monoisotopic (exact) mass is 414 g/mol. The number of hydrogen-bond donors (Lipinski definition) is 2. The summed E-state index contributed by atoms with van der Waals surface area (Å²) in [6, 6.07) is 11.1. The van der Waals surface area contributed by atoms with E-state index < -0.39 is 6.04 Å². The van der Waals surface area contributed by atoms with Gasteiger partial charge in [-0.2, -0.15) is 0 Å². The lowest BCUT2D eigenvalue weighted by molar-refractivity contribution is -0.127. The molecule has 3 rings (SSSR count). The lowest BCUT2D eigenvalue weighted by Crippen LogP contribution is -2.45. The molecule has 2 aromatic heterocycles.